The van der Waals surface area contributed by atoms with Crippen LogP contribution in [0.5, 0.6) is 0 Å². The number of hydrogen-bond acceptors (Lipinski definition) is 2. The molecule has 7 heteroatoms. The Morgan fingerprint density at radius 3 is 0.882 bits per heavy atom. The Hall–Kier alpha value is 2.34. The molecule has 0 N–H and O–H groups in total. The number of nitrogens with zero attached hydrogens (tertiary/aromatic N) is 2. The molecule has 0 fully saturated rings. The van der Waals surface area contributed by atoms with Crippen LogP contribution in [0.1, 0.15) is 27.7 Å². The fourth-order valence-electron chi connectivity index (χ4n) is 0.964. The van der Waals surface area contributed by atoms with Crippen molar-refractivity contribution in [2.45, 2.75) is 27.7 Å². The molecule has 0 heterocycles. The monoisotopic (exact) mass is 602 g/mol. The third-order valence-electron chi connectivity index (χ3n) is 2.04. The molecule has 0 saturated heterocycles. The van der Waals surface area contributed by atoms with E-state index in [2.05, 4.69) is 101 Å². The van der Waals surface area contributed by atoms with E-state index in [1.54, 1.807) is 0 Å². The van der Waals surface area contributed by atoms with Crippen molar-refractivity contribution in [1.82, 2.24) is 9.80 Å². The maximum atomic E-state index is 2.93. The normalized spacial score (nSPS) is 8.24. The summed E-state index contributed by atoms with van der Waals surface area (Å²) >= 11 is 11.7. The SMILES string of the molecule is CCN(CC)C([Se])=[Se].CCN(CC)C([Se])=[Se].[Cd]. The maximum absolute atomic E-state index is 2.93. The number of rotatable bonds is 6. The summed E-state index contributed by atoms with van der Waals surface area (Å²) in [4.78, 5) is 4.44. The van der Waals surface area contributed by atoms with Crippen molar-refractivity contribution in [1.29, 1.82) is 0 Å². The zero-order chi connectivity index (χ0) is 13.1. The van der Waals surface area contributed by atoms with Gasteiger partial charge < -0.3 is 0 Å². The second kappa shape index (κ2) is 16.4. The van der Waals surface area contributed by atoms with E-state index in [9.17, 15) is 0 Å². The third-order valence-corrected chi connectivity index (χ3v) is 4.21. The smallest absolute Gasteiger partial charge is 0 e. The Kier molecular flexibility index (Phi) is 23.5. The maximum Gasteiger partial charge on any atom is 0 e. The Morgan fingerprint density at radius 2 is 0.882 bits per heavy atom. The first kappa shape index (κ1) is 24.4. The van der Waals surface area contributed by atoms with E-state index in [0.29, 0.717) is 0 Å². The fraction of sp³-hybridized carbons (Fsp3) is 0.800. The summed E-state index contributed by atoms with van der Waals surface area (Å²) in [6.45, 7) is 12.8. The fourth-order valence-corrected chi connectivity index (χ4v) is 3.13. The molecule has 0 aromatic heterocycles. The minimum absolute atomic E-state index is 0. The summed E-state index contributed by atoms with van der Waals surface area (Å²) in [7, 11) is 0. The van der Waals surface area contributed by atoms with Gasteiger partial charge in [-0.3, -0.25) is 0 Å². The van der Waals surface area contributed by atoms with Gasteiger partial charge in [-0.15, -0.1) is 0 Å². The zero-order valence-electron chi connectivity index (χ0n) is 11.1. The van der Waals surface area contributed by atoms with Crippen molar-refractivity contribution in [3.63, 3.8) is 0 Å². The number of hydrogen-bond donors (Lipinski definition) is 0. The minimum atomic E-state index is 0. The van der Waals surface area contributed by atoms with Crippen molar-refractivity contribution in [2.24, 2.45) is 0 Å². The summed E-state index contributed by atoms with van der Waals surface area (Å²) in [5, 5.41) is 0. The van der Waals surface area contributed by atoms with Gasteiger partial charge in [0, 0.05) is 27.3 Å². The third kappa shape index (κ3) is 14.6. The van der Waals surface area contributed by atoms with Crippen LogP contribution in [0.15, 0.2) is 0 Å². The van der Waals surface area contributed by atoms with Gasteiger partial charge in [0.25, 0.3) is 0 Å². The predicted molar refractivity (Wildman–Crippen MR) is 78.9 cm³/mol. The van der Waals surface area contributed by atoms with Crippen molar-refractivity contribution in [3.05, 3.63) is 0 Å². The summed E-state index contributed by atoms with van der Waals surface area (Å²) in [6.07, 6.45) is 0. The molecule has 0 aliphatic heterocycles. The summed E-state index contributed by atoms with van der Waals surface area (Å²) < 4.78 is 2.32. The van der Waals surface area contributed by atoms with Gasteiger partial charge in [-0.2, -0.15) is 0 Å². The zero-order valence-corrected chi connectivity index (χ0v) is 22.0. The molecular weight excluding hydrogens is 576 g/mol. The van der Waals surface area contributed by atoms with Crippen LogP contribution in [-0.2, 0) is 27.3 Å². The van der Waals surface area contributed by atoms with E-state index in [4.69, 9.17) is 0 Å². The summed E-state index contributed by atoms with van der Waals surface area (Å²) in [5.74, 6) is 0. The van der Waals surface area contributed by atoms with Gasteiger partial charge in [0.2, 0.25) is 0 Å². The quantitative estimate of drug-likeness (QED) is 0.382. The van der Waals surface area contributed by atoms with Crippen LogP contribution in [0.25, 0.3) is 0 Å². The van der Waals surface area contributed by atoms with Crippen LogP contribution in [-0.4, -0.2) is 106 Å². The molecule has 0 unspecified atom stereocenters. The Morgan fingerprint density at radius 1 is 0.706 bits per heavy atom. The van der Waals surface area contributed by atoms with Crippen LogP contribution < -0.4 is 0 Å². The Bertz CT molecular complexity index is 184. The molecule has 0 amide bonds. The van der Waals surface area contributed by atoms with Crippen LogP contribution in [0.2, 0.25) is 0 Å². The molecule has 2 nitrogen and oxygen atoms in total. The van der Waals surface area contributed by atoms with Crippen molar-refractivity contribution in [3.8, 4) is 0 Å². The molecule has 0 aliphatic rings. The molecule has 2 radical (unpaired) electrons. The Balaban J connectivity index is -0.000000218. The van der Waals surface area contributed by atoms with Crippen LogP contribution in [0.4, 0.5) is 0 Å². The summed E-state index contributed by atoms with van der Waals surface area (Å²) in [5.41, 5.74) is 0. The van der Waals surface area contributed by atoms with Gasteiger partial charge in [-0.25, -0.2) is 0 Å². The van der Waals surface area contributed by atoms with Gasteiger partial charge in [0.05, 0.1) is 0 Å². The molecule has 0 bridgehead atoms. The largest absolute Gasteiger partial charge is 0 e. The van der Waals surface area contributed by atoms with E-state index in [-0.39, 0.29) is 27.3 Å². The molecule has 96 valence electrons. The van der Waals surface area contributed by atoms with Gasteiger partial charge in [0.1, 0.15) is 0 Å². The molecular formula is C10H20CdN2Se4. The molecule has 0 rings (SSSR count). The van der Waals surface area contributed by atoms with Crippen LogP contribution >= 0.6 is 0 Å². The topological polar surface area (TPSA) is 6.48 Å². The van der Waals surface area contributed by atoms with Gasteiger partial charge in [-0.05, 0) is 0 Å². The van der Waals surface area contributed by atoms with E-state index < -0.39 is 0 Å². The van der Waals surface area contributed by atoms with Crippen LogP contribution in [0, 0.1) is 0 Å². The summed E-state index contributed by atoms with van der Waals surface area (Å²) in [6, 6.07) is 0. The second-order valence-electron chi connectivity index (χ2n) is 2.88. The van der Waals surface area contributed by atoms with Crippen molar-refractivity contribution in [2.75, 3.05) is 26.2 Å². The van der Waals surface area contributed by atoms with E-state index >= 15 is 0 Å². The Labute approximate surface area is 159 Å². The van der Waals surface area contributed by atoms with Gasteiger partial charge in [-0.1, -0.05) is 0 Å². The average Bonchev–Trinajstić information content (AvgIpc) is 2.21. The average molecular weight is 597 g/mol. The van der Waals surface area contributed by atoms with Crippen LogP contribution in [0.3, 0.4) is 0 Å². The van der Waals surface area contributed by atoms with E-state index in [1.807, 2.05) is 0 Å². The first-order valence-corrected chi connectivity index (χ1v) is 8.78. The molecule has 0 aromatic rings. The van der Waals surface area contributed by atoms with E-state index in [1.165, 1.54) is 0 Å². The molecule has 0 spiro atoms. The van der Waals surface area contributed by atoms with E-state index in [0.717, 1.165) is 33.1 Å². The standard InChI is InChI=1S/2C5H10NSe2.Cd/c2*1-3-6(4-2)5(7)8;/h2*3-4H2,1-2H3;. The van der Waals surface area contributed by atoms with Gasteiger partial charge in [0.15, 0.2) is 0 Å². The molecule has 0 aliphatic carbocycles. The minimum Gasteiger partial charge on any atom is 0 e. The second-order valence-corrected chi connectivity index (χ2v) is 8.74. The molecule has 0 saturated carbocycles. The first-order chi connectivity index (χ1) is 7.44. The first-order valence-electron chi connectivity index (χ1n) is 5.36. The molecule has 17 heavy (non-hydrogen) atoms. The van der Waals surface area contributed by atoms with Crippen molar-refractivity contribution < 1.29 is 27.3 Å². The van der Waals surface area contributed by atoms with Gasteiger partial charge >= 0.3 is 134 Å². The molecule has 0 atom stereocenters. The predicted octanol–water partition coefficient (Wildman–Crippen LogP) is -0.497. The molecule has 0 aromatic carbocycles. The van der Waals surface area contributed by atoms with Crippen molar-refractivity contribution >= 4 is 70.1 Å².